The van der Waals surface area contributed by atoms with Crippen LogP contribution in [0.25, 0.3) is 0 Å². The molecular formula is C16H25N. The van der Waals surface area contributed by atoms with Gasteiger partial charge < -0.3 is 5.32 Å². The van der Waals surface area contributed by atoms with E-state index >= 15 is 0 Å². The Labute approximate surface area is 106 Å². The second kappa shape index (κ2) is 6.20. The summed E-state index contributed by atoms with van der Waals surface area (Å²) in [4.78, 5) is 0. The molecular weight excluding hydrogens is 206 g/mol. The summed E-state index contributed by atoms with van der Waals surface area (Å²) in [5, 5.41) is 3.54. The largest absolute Gasteiger partial charge is 0.316 e. The molecule has 0 aromatic heterocycles. The Morgan fingerprint density at radius 1 is 1.18 bits per heavy atom. The third kappa shape index (κ3) is 3.32. The van der Waals surface area contributed by atoms with Gasteiger partial charge in [-0.15, -0.1) is 0 Å². The molecule has 2 rings (SSSR count). The third-order valence-corrected chi connectivity index (χ3v) is 4.09. The lowest BCUT2D eigenvalue weighted by Gasteiger charge is -2.24. The minimum atomic E-state index is 0.720. The number of hydrogen-bond acceptors (Lipinski definition) is 1. The van der Waals surface area contributed by atoms with Gasteiger partial charge in [-0.3, -0.25) is 0 Å². The summed E-state index contributed by atoms with van der Waals surface area (Å²) in [6.07, 6.45) is 5.70. The van der Waals surface area contributed by atoms with E-state index in [0.717, 1.165) is 24.9 Å². The average Bonchev–Trinajstić information content (AvgIpc) is 2.85. The maximum absolute atomic E-state index is 3.54. The van der Waals surface area contributed by atoms with E-state index in [2.05, 4.69) is 43.4 Å². The van der Waals surface area contributed by atoms with E-state index in [1.807, 2.05) is 0 Å². The molecule has 1 fully saturated rings. The molecule has 1 nitrogen and oxygen atoms in total. The van der Waals surface area contributed by atoms with Crippen molar-refractivity contribution in [1.82, 2.24) is 5.32 Å². The molecule has 0 heterocycles. The van der Waals surface area contributed by atoms with Crippen molar-refractivity contribution < 1.29 is 0 Å². The molecule has 0 spiro atoms. The monoisotopic (exact) mass is 231 g/mol. The van der Waals surface area contributed by atoms with Crippen molar-refractivity contribution in [3.8, 4) is 0 Å². The molecule has 1 heteroatoms. The molecule has 1 unspecified atom stereocenters. The van der Waals surface area contributed by atoms with E-state index in [-0.39, 0.29) is 0 Å². The van der Waals surface area contributed by atoms with Crippen LogP contribution in [-0.2, 0) is 0 Å². The maximum atomic E-state index is 3.54. The summed E-state index contributed by atoms with van der Waals surface area (Å²) in [6, 6.07) is 9.16. The van der Waals surface area contributed by atoms with E-state index in [4.69, 9.17) is 0 Å². The predicted molar refractivity (Wildman–Crippen MR) is 74.4 cm³/mol. The van der Waals surface area contributed by atoms with Crippen LogP contribution in [0, 0.1) is 12.8 Å². The molecule has 0 saturated heterocycles. The highest BCUT2D eigenvalue weighted by atomic mass is 14.8. The van der Waals surface area contributed by atoms with E-state index in [1.54, 1.807) is 0 Å². The molecule has 1 aliphatic carbocycles. The molecule has 1 saturated carbocycles. The maximum Gasteiger partial charge on any atom is 0.00227 e. The summed E-state index contributed by atoms with van der Waals surface area (Å²) in [5.74, 6) is 1.62. The topological polar surface area (TPSA) is 12.0 Å². The van der Waals surface area contributed by atoms with Crippen molar-refractivity contribution in [2.75, 3.05) is 13.1 Å². The van der Waals surface area contributed by atoms with E-state index in [0.29, 0.717) is 0 Å². The summed E-state index contributed by atoms with van der Waals surface area (Å²) >= 11 is 0. The number of likely N-dealkylation sites (N-methyl/N-ethyl adjacent to an activating group) is 1. The Bertz CT molecular complexity index is 322. The lowest BCUT2D eigenvalue weighted by molar-refractivity contribution is 0.414. The Morgan fingerprint density at radius 2 is 1.82 bits per heavy atom. The van der Waals surface area contributed by atoms with Gasteiger partial charge in [-0.2, -0.15) is 0 Å². The lowest BCUT2D eigenvalue weighted by atomic mass is 9.84. The van der Waals surface area contributed by atoms with Crippen LogP contribution in [0.3, 0.4) is 0 Å². The average molecular weight is 231 g/mol. The first kappa shape index (κ1) is 12.6. The Balaban J connectivity index is 2.10. The van der Waals surface area contributed by atoms with Crippen LogP contribution >= 0.6 is 0 Å². The predicted octanol–water partition coefficient (Wildman–Crippen LogP) is 3.88. The van der Waals surface area contributed by atoms with Crippen molar-refractivity contribution in [3.05, 3.63) is 35.4 Å². The highest BCUT2D eigenvalue weighted by Gasteiger charge is 2.25. The van der Waals surface area contributed by atoms with E-state index < -0.39 is 0 Å². The summed E-state index contributed by atoms with van der Waals surface area (Å²) < 4.78 is 0. The van der Waals surface area contributed by atoms with Gasteiger partial charge >= 0.3 is 0 Å². The SMILES string of the molecule is CCNCC(c1ccc(C)cc1)C1CCCC1. The van der Waals surface area contributed by atoms with E-state index in [1.165, 1.54) is 36.8 Å². The van der Waals surface area contributed by atoms with Gasteiger partial charge in [0.2, 0.25) is 0 Å². The number of benzene rings is 1. The first-order valence-corrected chi connectivity index (χ1v) is 7.08. The molecule has 1 N–H and O–H groups in total. The molecule has 94 valence electrons. The number of rotatable bonds is 5. The second-order valence-electron chi connectivity index (χ2n) is 5.37. The van der Waals surface area contributed by atoms with Crippen molar-refractivity contribution in [2.45, 2.75) is 45.4 Å². The summed E-state index contributed by atoms with van der Waals surface area (Å²) in [7, 11) is 0. The standard InChI is InChI=1S/C16H25N/c1-3-17-12-16(14-6-4-5-7-14)15-10-8-13(2)9-11-15/h8-11,14,16-17H,3-7,12H2,1-2H3. The van der Waals surface area contributed by atoms with Crippen molar-refractivity contribution >= 4 is 0 Å². The molecule has 1 aliphatic rings. The zero-order valence-corrected chi connectivity index (χ0v) is 11.2. The smallest absolute Gasteiger partial charge is 0.00227 e. The molecule has 0 radical (unpaired) electrons. The Morgan fingerprint density at radius 3 is 2.41 bits per heavy atom. The first-order valence-electron chi connectivity index (χ1n) is 7.08. The molecule has 0 bridgehead atoms. The van der Waals surface area contributed by atoms with Crippen LogP contribution in [0.2, 0.25) is 0 Å². The fourth-order valence-corrected chi connectivity index (χ4v) is 3.03. The van der Waals surface area contributed by atoms with Gasteiger partial charge in [-0.1, -0.05) is 49.6 Å². The number of hydrogen-bond donors (Lipinski definition) is 1. The fraction of sp³-hybridized carbons (Fsp3) is 0.625. The van der Waals surface area contributed by atoms with Gasteiger partial charge in [0.25, 0.3) is 0 Å². The van der Waals surface area contributed by atoms with Gasteiger partial charge in [-0.25, -0.2) is 0 Å². The molecule has 1 aromatic carbocycles. The van der Waals surface area contributed by atoms with Crippen LogP contribution in [0.1, 0.15) is 49.7 Å². The van der Waals surface area contributed by atoms with E-state index in [9.17, 15) is 0 Å². The van der Waals surface area contributed by atoms with Gasteiger partial charge in [-0.05, 0) is 43.7 Å². The Kier molecular flexibility index (Phi) is 4.61. The highest BCUT2D eigenvalue weighted by Crippen LogP contribution is 2.36. The normalized spacial score (nSPS) is 18.5. The Hall–Kier alpha value is -0.820. The number of nitrogens with one attached hydrogen (secondary N) is 1. The lowest BCUT2D eigenvalue weighted by Crippen LogP contribution is -2.25. The molecule has 0 aliphatic heterocycles. The minimum absolute atomic E-state index is 0.720. The minimum Gasteiger partial charge on any atom is -0.316 e. The van der Waals surface area contributed by atoms with Crippen LogP contribution < -0.4 is 5.32 Å². The second-order valence-corrected chi connectivity index (χ2v) is 5.37. The zero-order valence-electron chi connectivity index (χ0n) is 11.2. The quantitative estimate of drug-likeness (QED) is 0.811. The fourth-order valence-electron chi connectivity index (χ4n) is 3.03. The molecule has 0 amide bonds. The van der Waals surface area contributed by atoms with Crippen LogP contribution in [0.5, 0.6) is 0 Å². The van der Waals surface area contributed by atoms with Crippen molar-refractivity contribution in [1.29, 1.82) is 0 Å². The highest BCUT2D eigenvalue weighted by molar-refractivity contribution is 5.25. The summed E-state index contributed by atoms with van der Waals surface area (Å²) in [6.45, 7) is 6.58. The first-order chi connectivity index (χ1) is 8.31. The van der Waals surface area contributed by atoms with Crippen molar-refractivity contribution in [2.24, 2.45) is 5.92 Å². The zero-order chi connectivity index (χ0) is 12.1. The van der Waals surface area contributed by atoms with Crippen molar-refractivity contribution in [3.63, 3.8) is 0 Å². The van der Waals surface area contributed by atoms with Crippen LogP contribution in [-0.4, -0.2) is 13.1 Å². The van der Waals surface area contributed by atoms with Gasteiger partial charge in [0.15, 0.2) is 0 Å². The van der Waals surface area contributed by atoms with Gasteiger partial charge in [0, 0.05) is 6.54 Å². The molecule has 1 aromatic rings. The molecule has 17 heavy (non-hydrogen) atoms. The third-order valence-electron chi connectivity index (χ3n) is 4.09. The van der Waals surface area contributed by atoms with Crippen LogP contribution in [0.15, 0.2) is 24.3 Å². The molecule has 1 atom stereocenters. The van der Waals surface area contributed by atoms with Gasteiger partial charge in [0.05, 0.1) is 0 Å². The van der Waals surface area contributed by atoms with Crippen LogP contribution in [0.4, 0.5) is 0 Å². The number of aryl methyl sites for hydroxylation is 1. The summed E-state index contributed by atoms with van der Waals surface area (Å²) in [5.41, 5.74) is 2.89. The van der Waals surface area contributed by atoms with Gasteiger partial charge in [0.1, 0.15) is 0 Å².